The number of aryl methyl sites for hydroxylation is 2. The van der Waals surface area contributed by atoms with Crippen molar-refractivity contribution in [1.29, 1.82) is 0 Å². The first-order chi connectivity index (χ1) is 17.6. The van der Waals surface area contributed by atoms with Crippen molar-refractivity contribution in [2.24, 2.45) is 11.8 Å². The van der Waals surface area contributed by atoms with Crippen LogP contribution in [0.4, 0.5) is 0 Å². The molecule has 3 aromatic rings. The molecule has 3 aliphatic carbocycles. The quantitative estimate of drug-likeness (QED) is 0.385. The van der Waals surface area contributed by atoms with Crippen LogP contribution in [0.15, 0.2) is 48.7 Å². The van der Waals surface area contributed by atoms with Crippen LogP contribution in [0.5, 0.6) is 0 Å². The van der Waals surface area contributed by atoms with Crippen LogP contribution in [0.2, 0.25) is 0 Å². The first-order valence-electron chi connectivity index (χ1n) is 12.9. The average Bonchev–Trinajstić information content (AvgIpc) is 3.66. The molecule has 4 nitrogen and oxygen atoms in total. The third-order valence-electron chi connectivity index (χ3n) is 7.60. The molecule has 0 saturated heterocycles. The Morgan fingerprint density at radius 3 is 2.86 bits per heavy atom. The number of hydrogen-bond acceptors (Lipinski definition) is 4. The molecule has 1 aromatic carbocycles. The maximum absolute atomic E-state index is 11.1. The molecule has 5 heteroatoms. The molecule has 36 heavy (non-hydrogen) atoms. The normalized spacial score (nSPS) is 21.9. The summed E-state index contributed by atoms with van der Waals surface area (Å²) < 4.78 is 0. The van der Waals surface area contributed by atoms with Crippen LogP contribution >= 0.6 is 11.8 Å². The summed E-state index contributed by atoms with van der Waals surface area (Å²) in [6, 6.07) is 15.3. The number of fused-ring (bicyclic) bond motifs is 3. The summed E-state index contributed by atoms with van der Waals surface area (Å²) in [5.74, 6) is 1.10. The Bertz CT molecular complexity index is 1360. The molecule has 1 saturated carbocycles. The van der Waals surface area contributed by atoms with Gasteiger partial charge in [0.05, 0.1) is 16.6 Å². The predicted octanol–water partition coefficient (Wildman–Crippen LogP) is 6.94. The van der Waals surface area contributed by atoms with Crippen LogP contribution in [0.3, 0.4) is 0 Å². The van der Waals surface area contributed by atoms with Gasteiger partial charge in [-0.2, -0.15) is 0 Å². The lowest BCUT2D eigenvalue weighted by molar-refractivity contribution is -0.137. The number of nitrogens with zero attached hydrogens (tertiary/aromatic N) is 2. The summed E-state index contributed by atoms with van der Waals surface area (Å²) in [6.07, 6.45) is 16.5. The molecular formula is C31H30N2O2S. The van der Waals surface area contributed by atoms with E-state index in [1.165, 1.54) is 40.8 Å². The fourth-order valence-electron chi connectivity index (χ4n) is 5.46. The van der Waals surface area contributed by atoms with Crippen LogP contribution < -0.4 is 0 Å². The Morgan fingerprint density at radius 2 is 1.94 bits per heavy atom. The minimum atomic E-state index is -0.684. The molecule has 182 valence electrons. The molecule has 3 unspecified atom stereocenters. The van der Waals surface area contributed by atoms with Crippen LogP contribution in [0.25, 0.3) is 24.3 Å². The smallest absolute Gasteiger partial charge is 0.303 e. The number of benzene rings is 1. The maximum atomic E-state index is 11.1. The summed E-state index contributed by atoms with van der Waals surface area (Å²) in [5.41, 5.74) is 9.59. The first-order valence-corrected chi connectivity index (χ1v) is 14.0. The summed E-state index contributed by atoms with van der Waals surface area (Å²) in [7, 11) is 0. The van der Waals surface area contributed by atoms with Crippen molar-refractivity contribution in [2.45, 2.75) is 43.8 Å². The molecule has 0 bridgehead atoms. The van der Waals surface area contributed by atoms with Gasteiger partial charge in [0.15, 0.2) is 0 Å². The second kappa shape index (κ2) is 10.1. The van der Waals surface area contributed by atoms with Crippen molar-refractivity contribution in [1.82, 2.24) is 9.97 Å². The van der Waals surface area contributed by atoms with E-state index in [1.807, 2.05) is 24.0 Å². The molecule has 0 amide bonds. The lowest BCUT2D eigenvalue weighted by atomic mass is 9.95. The molecule has 0 radical (unpaired) electrons. The Balaban J connectivity index is 1.27. The van der Waals surface area contributed by atoms with Crippen molar-refractivity contribution in [2.75, 3.05) is 5.75 Å². The van der Waals surface area contributed by atoms with Gasteiger partial charge in [0.2, 0.25) is 0 Å². The Morgan fingerprint density at radius 1 is 1.03 bits per heavy atom. The van der Waals surface area contributed by atoms with Gasteiger partial charge in [0.25, 0.3) is 0 Å². The number of aromatic nitrogens is 2. The van der Waals surface area contributed by atoms with E-state index in [0.29, 0.717) is 11.8 Å². The van der Waals surface area contributed by atoms with E-state index in [2.05, 4.69) is 65.7 Å². The van der Waals surface area contributed by atoms with Crippen molar-refractivity contribution in [3.63, 3.8) is 0 Å². The number of rotatable bonds is 7. The van der Waals surface area contributed by atoms with E-state index >= 15 is 0 Å². The van der Waals surface area contributed by atoms with E-state index in [-0.39, 0.29) is 11.7 Å². The fourth-order valence-corrected chi connectivity index (χ4v) is 7.07. The molecule has 2 aromatic heterocycles. The zero-order valence-electron chi connectivity index (χ0n) is 20.3. The highest BCUT2D eigenvalue weighted by molar-refractivity contribution is 7.99. The molecule has 3 atom stereocenters. The SMILES string of the molecule is O=C(O)CC1CC1CSC1c2cc(/C=C/c3ccc4c(n3)CCCC4)ccc2C=Cc2ncccc21. The average molecular weight is 495 g/mol. The van der Waals surface area contributed by atoms with Gasteiger partial charge in [-0.3, -0.25) is 14.8 Å². The summed E-state index contributed by atoms with van der Waals surface area (Å²) in [4.78, 5) is 20.7. The van der Waals surface area contributed by atoms with Crippen molar-refractivity contribution >= 4 is 42.0 Å². The molecular weight excluding hydrogens is 464 g/mol. The van der Waals surface area contributed by atoms with Crippen LogP contribution in [0.1, 0.15) is 75.8 Å². The van der Waals surface area contributed by atoms with E-state index < -0.39 is 5.97 Å². The molecule has 1 N–H and O–H groups in total. The van der Waals surface area contributed by atoms with Crippen molar-refractivity contribution < 1.29 is 9.90 Å². The summed E-state index contributed by atoms with van der Waals surface area (Å²) in [6.45, 7) is 0. The maximum Gasteiger partial charge on any atom is 0.303 e. The lowest BCUT2D eigenvalue weighted by Gasteiger charge is -2.20. The third kappa shape index (κ3) is 5.03. The van der Waals surface area contributed by atoms with Crippen molar-refractivity contribution in [3.8, 4) is 0 Å². The second-order valence-corrected chi connectivity index (χ2v) is 11.3. The van der Waals surface area contributed by atoms with E-state index in [0.717, 1.165) is 42.0 Å². The zero-order valence-corrected chi connectivity index (χ0v) is 21.1. The highest BCUT2D eigenvalue weighted by Crippen LogP contribution is 2.49. The van der Waals surface area contributed by atoms with Gasteiger partial charge >= 0.3 is 5.97 Å². The second-order valence-electron chi connectivity index (χ2n) is 10.1. The Labute approximate surface area is 216 Å². The number of carboxylic acid groups (broad SMARTS) is 1. The standard InChI is InChI=1S/C31H30N2O2S/c34-30(35)18-23-17-24(23)19-36-31-26-5-3-15-32-29(26)14-11-21-9-7-20(16-27(21)31)8-12-25-13-10-22-4-1-2-6-28(22)33-25/h3,5,7-16,23-24,31H,1-2,4,6,17-19H2,(H,34,35)/b12-8+. The first kappa shape index (κ1) is 23.2. The number of aliphatic carboxylic acids is 1. The van der Waals surface area contributed by atoms with E-state index in [4.69, 9.17) is 10.1 Å². The fraction of sp³-hybridized carbons (Fsp3) is 0.323. The molecule has 2 heterocycles. The molecule has 3 aliphatic rings. The van der Waals surface area contributed by atoms with Gasteiger partial charge in [-0.1, -0.05) is 36.4 Å². The van der Waals surface area contributed by atoms with Gasteiger partial charge < -0.3 is 5.11 Å². The minimum absolute atomic E-state index is 0.167. The Kier molecular flexibility index (Phi) is 6.49. The number of hydrogen-bond donors (Lipinski definition) is 1. The third-order valence-corrected chi connectivity index (χ3v) is 9.06. The van der Waals surface area contributed by atoms with Gasteiger partial charge in [-0.05, 0) is 108 Å². The van der Waals surface area contributed by atoms with Crippen LogP contribution in [-0.4, -0.2) is 26.8 Å². The highest BCUT2D eigenvalue weighted by Gasteiger charge is 2.39. The summed E-state index contributed by atoms with van der Waals surface area (Å²) >= 11 is 1.93. The van der Waals surface area contributed by atoms with Crippen LogP contribution in [-0.2, 0) is 17.6 Å². The van der Waals surface area contributed by atoms with Gasteiger partial charge in [0, 0.05) is 18.3 Å². The monoisotopic (exact) mass is 494 g/mol. The number of carbonyl (C=O) groups is 1. The van der Waals surface area contributed by atoms with Gasteiger partial charge in [-0.25, -0.2) is 0 Å². The number of thioether (sulfide) groups is 1. The largest absolute Gasteiger partial charge is 0.481 e. The van der Waals surface area contributed by atoms with E-state index in [9.17, 15) is 4.79 Å². The van der Waals surface area contributed by atoms with Crippen LogP contribution in [0, 0.1) is 11.8 Å². The highest BCUT2D eigenvalue weighted by atomic mass is 32.2. The molecule has 0 spiro atoms. The Hall–Kier alpha value is -3.18. The zero-order chi connectivity index (χ0) is 24.5. The lowest BCUT2D eigenvalue weighted by Crippen LogP contribution is -2.05. The topological polar surface area (TPSA) is 63.1 Å². The number of carboxylic acids is 1. The van der Waals surface area contributed by atoms with Gasteiger partial charge in [-0.15, -0.1) is 11.8 Å². The minimum Gasteiger partial charge on any atom is -0.481 e. The molecule has 6 rings (SSSR count). The van der Waals surface area contributed by atoms with Gasteiger partial charge in [0.1, 0.15) is 0 Å². The van der Waals surface area contributed by atoms with Crippen molar-refractivity contribution in [3.05, 3.63) is 93.6 Å². The molecule has 1 fully saturated rings. The predicted molar refractivity (Wildman–Crippen MR) is 148 cm³/mol. The molecule has 0 aliphatic heterocycles. The van der Waals surface area contributed by atoms with E-state index in [1.54, 1.807) is 0 Å². The summed E-state index contributed by atoms with van der Waals surface area (Å²) in [5, 5.41) is 9.31. The number of pyridine rings is 2.